The van der Waals surface area contributed by atoms with E-state index < -0.39 is 10.0 Å². The number of rotatable bonds is 4. The molecule has 0 aromatic carbocycles. The van der Waals surface area contributed by atoms with Gasteiger partial charge in [0.25, 0.3) is 0 Å². The van der Waals surface area contributed by atoms with Crippen molar-refractivity contribution in [3.8, 4) is 0 Å². The van der Waals surface area contributed by atoms with E-state index in [2.05, 4.69) is 27.1 Å². The Kier molecular flexibility index (Phi) is 4.14. The molecule has 7 heteroatoms. The maximum absolute atomic E-state index is 11.5. The molecule has 2 saturated heterocycles. The van der Waals surface area contributed by atoms with Gasteiger partial charge in [-0.25, -0.2) is 13.1 Å². The van der Waals surface area contributed by atoms with Gasteiger partial charge in [-0.3, -0.25) is 4.90 Å². The molecule has 112 valence electrons. The Morgan fingerprint density at radius 2 is 2.40 bits per heavy atom. The lowest BCUT2D eigenvalue weighted by Gasteiger charge is -2.32. The van der Waals surface area contributed by atoms with Gasteiger partial charge in [0.05, 0.1) is 18.4 Å². The van der Waals surface area contributed by atoms with Gasteiger partial charge in [-0.05, 0) is 24.3 Å². The van der Waals surface area contributed by atoms with Crippen LogP contribution in [0, 0.1) is 0 Å². The number of hydrogen-bond acceptors (Lipinski definition) is 5. The van der Waals surface area contributed by atoms with E-state index in [1.807, 2.05) is 0 Å². The normalized spacial score (nSPS) is 31.4. The highest BCUT2D eigenvalue weighted by Gasteiger charge is 2.44. The molecule has 2 fully saturated rings. The molecule has 3 atom stereocenters. The molecule has 0 saturated carbocycles. The number of nitrogens with zero attached hydrogens (tertiary/aromatic N) is 1. The number of hydrogen-bond donors (Lipinski definition) is 1. The molecule has 0 aliphatic carbocycles. The fourth-order valence-corrected chi connectivity index (χ4v) is 4.71. The second-order valence-electron chi connectivity index (χ2n) is 5.55. The van der Waals surface area contributed by atoms with E-state index in [4.69, 9.17) is 4.74 Å². The first-order valence-corrected chi connectivity index (χ1v) is 9.65. The Morgan fingerprint density at radius 3 is 3.10 bits per heavy atom. The van der Waals surface area contributed by atoms with Gasteiger partial charge < -0.3 is 4.74 Å². The summed E-state index contributed by atoms with van der Waals surface area (Å²) in [5.74, 6) is 0. The Bertz CT molecular complexity index is 544. The lowest BCUT2D eigenvalue weighted by Crippen LogP contribution is -2.47. The van der Waals surface area contributed by atoms with Crippen LogP contribution in [-0.4, -0.2) is 50.9 Å². The Morgan fingerprint density at radius 1 is 1.55 bits per heavy atom. The van der Waals surface area contributed by atoms with Crippen molar-refractivity contribution in [2.45, 2.75) is 37.6 Å². The number of likely N-dealkylation sites (tertiary alicyclic amines) is 1. The van der Waals surface area contributed by atoms with E-state index in [9.17, 15) is 8.42 Å². The molecule has 5 nitrogen and oxygen atoms in total. The number of ether oxygens (including phenoxy) is 1. The first-order chi connectivity index (χ1) is 9.53. The predicted octanol–water partition coefficient (Wildman–Crippen LogP) is 1.03. The van der Waals surface area contributed by atoms with Crippen molar-refractivity contribution in [2.75, 3.05) is 19.4 Å². The van der Waals surface area contributed by atoms with E-state index in [0.29, 0.717) is 6.04 Å². The van der Waals surface area contributed by atoms with Crippen LogP contribution in [-0.2, 0) is 21.3 Å². The first-order valence-electron chi connectivity index (χ1n) is 6.88. The fraction of sp³-hybridized carbons (Fsp3) is 0.692. The van der Waals surface area contributed by atoms with Gasteiger partial charge in [0.1, 0.15) is 0 Å². The molecule has 0 radical (unpaired) electrons. The lowest BCUT2D eigenvalue weighted by molar-refractivity contribution is -0.0192. The van der Waals surface area contributed by atoms with E-state index in [1.165, 1.54) is 11.1 Å². The minimum atomic E-state index is -3.20. The third-order valence-electron chi connectivity index (χ3n) is 3.94. The van der Waals surface area contributed by atoms with Gasteiger partial charge in [-0.2, -0.15) is 0 Å². The number of nitrogens with one attached hydrogen (secondary N) is 1. The zero-order valence-corrected chi connectivity index (χ0v) is 13.1. The Balaban J connectivity index is 1.74. The Hall–Kier alpha value is -0.470. The van der Waals surface area contributed by atoms with Crippen LogP contribution < -0.4 is 4.72 Å². The average Bonchev–Trinajstić information content (AvgIpc) is 2.98. The molecule has 2 aliphatic heterocycles. The summed E-state index contributed by atoms with van der Waals surface area (Å²) in [6, 6.07) is 4.37. The largest absolute Gasteiger partial charge is 0.375 e. The second-order valence-corrected chi connectivity index (χ2v) is 8.36. The van der Waals surface area contributed by atoms with E-state index in [0.717, 1.165) is 32.5 Å². The monoisotopic (exact) mass is 316 g/mol. The number of sulfonamides is 1. The summed E-state index contributed by atoms with van der Waals surface area (Å²) in [7, 11) is -3.20. The summed E-state index contributed by atoms with van der Waals surface area (Å²) >= 11 is 1.74. The van der Waals surface area contributed by atoms with Crippen molar-refractivity contribution in [1.29, 1.82) is 0 Å². The topological polar surface area (TPSA) is 58.6 Å². The van der Waals surface area contributed by atoms with Gasteiger partial charge in [0, 0.05) is 30.6 Å². The van der Waals surface area contributed by atoms with Gasteiger partial charge in [0.15, 0.2) is 0 Å². The van der Waals surface area contributed by atoms with Crippen LogP contribution in [0.5, 0.6) is 0 Å². The summed E-state index contributed by atoms with van der Waals surface area (Å²) < 4.78 is 31.6. The molecule has 1 aromatic heterocycles. The molecule has 0 unspecified atom stereocenters. The van der Waals surface area contributed by atoms with E-state index >= 15 is 0 Å². The average molecular weight is 316 g/mol. The lowest BCUT2D eigenvalue weighted by atomic mass is 10.0. The summed E-state index contributed by atoms with van der Waals surface area (Å²) in [6.45, 7) is 2.33. The summed E-state index contributed by atoms with van der Waals surface area (Å²) in [6.07, 6.45) is 3.33. The van der Waals surface area contributed by atoms with Gasteiger partial charge in [-0.1, -0.05) is 6.07 Å². The van der Waals surface area contributed by atoms with E-state index in [-0.39, 0.29) is 12.1 Å². The van der Waals surface area contributed by atoms with Crippen LogP contribution in [0.4, 0.5) is 0 Å². The predicted molar refractivity (Wildman–Crippen MR) is 79.3 cm³/mol. The molecule has 0 amide bonds. The van der Waals surface area contributed by atoms with Gasteiger partial charge in [-0.15, -0.1) is 11.3 Å². The summed E-state index contributed by atoms with van der Waals surface area (Å²) in [4.78, 5) is 3.67. The minimum Gasteiger partial charge on any atom is -0.375 e. The quantitative estimate of drug-likeness (QED) is 0.901. The van der Waals surface area contributed by atoms with Crippen LogP contribution in [0.15, 0.2) is 17.5 Å². The molecule has 20 heavy (non-hydrogen) atoms. The van der Waals surface area contributed by atoms with Crippen molar-refractivity contribution in [1.82, 2.24) is 9.62 Å². The smallest absolute Gasteiger partial charge is 0.209 e. The van der Waals surface area contributed by atoms with Crippen LogP contribution in [0.2, 0.25) is 0 Å². The molecule has 3 rings (SSSR count). The highest BCUT2D eigenvalue weighted by Crippen LogP contribution is 2.31. The molecular weight excluding hydrogens is 296 g/mol. The van der Waals surface area contributed by atoms with Crippen molar-refractivity contribution < 1.29 is 13.2 Å². The van der Waals surface area contributed by atoms with Crippen LogP contribution >= 0.6 is 11.3 Å². The molecule has 2 aliphatic rings. The second kappa shape index (κ2) is 5.73. The third kappa shape index (κ3) is 3.23. The zero-order valence-electron chi connectivity index (χ0n) is 11.5. The van der Waals surface area contributed by atoms with Crippen molar-refractivity contribution in [3.05, 3.63) is 22.4 Å². The van der Waals surface area contributed by atoms with Crippen LogP contribution in [0.25, 0.3) is 0 Å². The maximum atomic E-state index is 11.5. The molecule has 1 aromatic rings. The van der Waals surface area contributed by atoms with Crippen molar-refractivity contribution in [2.24, 2.45) is 0 Å². The van der Waals surface area contributed by atoms with Crippen LogP contribution in [0.3, 0.4) is 0 Å². The fourth-order valence-electron chi connectivity index (χ4n) is 3.22. The van der Waals surface area contributed by atoms with Crippen LogP contribution in [0.1, 0.15) is 17.7 Å². The molecule has 1 N–H and O–H groups in total. The highest BCUT2D eigenvalue weighted by molar-refractivity contribution is 7.88. The van der Waals surface area contributed by atoms with Crippen molar-refractivity contribution >= 4 is 21.4 Å². The number of fused-ring (bicyclic) bond motifs is 1. The Labute approximate surface area is 124 Å². The van der Waals surface area contributed by atoms with Gasteiger partial charge in [0.2, 0.25) is 10.0 Å². The molecule has 0 spiro atoms. The SMILES string of the molecule is CS(=O)(=O)N[C@H]1CN(Cc2cccs2)[C@@H]2CCCO[C@H]12. The summed E-state index contributed by atoms with van der Waals surface area (Å²) in [5, 5.41) is 2.08. The number of thiophene rings is 1. The van der Waals surface area contributed by atoms with Crippen molar-refractivity contribution in [3.63, 3.8) is 0 Å². The first kappa shape index (κ1) is 14.5. The zero-order chi connectivity index (χ0) is 14.2. The minimum absolute atomic E-state index is 0.0153. The molecule has 3 heterocycles. The van der Waals surface area contributed by atoms with E-state index in [1.54, 1.807) is 11.3 Å². The maximum Gasteiger partial charge on any atom is 0.209 e. The van der Waals surface area contributed by atoms with Gasteiger partial charge >= 0.3 is 0 Å². The third-order valence-corrected chi connectivity index (χ3v) is 5.53. The molecular formula is C13H20N2O3S2. The standard InChI is InChI=1S/C13H20N2O3S2/c1-20(16,17)14-11-9-15(8-10-4-3-7-19-10)12-5-2-6-18-13(11)12/h3-4,7,11-14H,2,5-6,8-9H2,1H3/t11-,12+,13+/m0/s1. The summed E-state index contributed by atoms with van der Waals surface area (Å²) in [5.41, 5.74) is 0. The highest BCUT2D eigenvalue weighted by atomic mass is 32.2. The molecule has 0 bridgehead atoms.